The van der Waals surface area contributed by atoms with Crippen molar-refractivity contribution in [2.75, 3.05) is 0 Å². The van der Waals surface area contributed by atoms with Gasteiger partial charge in [-0.25, -0.2) is 0 Å². The second-order valence-electron chi connectivity index (χ2n) is 9.34. The molecule has 2 aromatic rings. The van der Waals surface area contributed by atoms with Crippen LogP contribution in [0.25, 0.3) is 0 Å². The average Bonchev–Trinajstić information content (AvgIpc) is 3.22. The monoisotopic (exact) mass is 480 g/mol. The van der Waals surface area contributed by atoms with Gasteiger partial charge in [-0.15, -0.1) is 0 Å². The van der Waals surface area contributed by atoms with E-state index in [-0.39, 0.29) is 21.8 Å². The van der Waals surface area contributed by atoms with E-state index in [4.69, 9.17) is 7.08 Å². The number of aryl methyl sites for hydroxylation is 1. The Hall–Kier alpha value is -1.17. The summed E-state index contributed by atoms with van der Waals surface area (Å²) in [4.78, 5) is 0.206. The number of benzene rings is 2. The van der Waals surface area contributed by atoms with E-state index in [0.29, 0.717) is 5.92 Å². The summed E-state index contributed by atoms with van der Waals surface area (Å²) in [5, 5.41) is 0.729. The van der Waals surface area contributed by atoms with Gasteiger partial charge < -0.3 is 0 Å². The van der Waals surface area contributed by atoms with Gasteiger partial charge in [-0.2, -0.15) is 0 Å². The molecule has 2 saturated carbocycles. The maximum atomic E-state index is 13.3. The fourth-order valence-electron chi connectivity index (χ4n) is 5.77. The van der Waals surface area contributed by atoms with E-state index >= 15 is 0 Å². The van der Waals surface area contributed by atoms with Crippen LogP contribution in [-0.4, -0.2) is 28.0 Å². The first-order chi connectivity index (χ1) is 13.7. The Balaban J connectivity index is 1.59. The molecule has 1 aliphatic heterocycles. The molecule has 3 aliphatic rings. The molecule has 0 radical (unpaired) electrons. The second-order valence-corrected chi connectivity index (χ2v) is 16.3. The first-order valence-corrected chi connectivity index (χ1v) is 15.1. The van der Waals surface area contributed by atoms with E-state index in [0.717, 1.165) is 28.2 Å². The zero-order chi connectivity index (χ0) is 20.5. The quantitative estimate of drug-likeness (QED) is 0.615. The molecule has 1 spiro atoms. The van der Waals surface area contributed by atoms with Crippen molar-refractivity contribution < 1.29 is 15.5 Å². The molecule has 4 atom stereocenters. The first-order valence-electron chi connectivity index (χ1n) is 10.3. The minimum absolute atomic E-state index is 0.0241. The van der Waals surface area contributed by atoms with Crippen molar-refractivity contribution >= 4 is 28.1 Å². The van der Waals surface area contributed by atoms with Crippen LogP contribution in [0.5, 0.6) is 0 Å². The van der Waals surface area contributed by atoms with Gasteiger partial charge in [0.05, 0.1) is 0 Å². The molecule has 0 N–H and O–H groups in total. The van der Waals surface area contributed by atoms with Gasteiger partial charge in [0.2, 0.25) is 0 Å². The van der Waals surface area contributed by atoms with Crippen molar-refractivity contribution in [1.82, 2.24) is 0 Å². The second kappa shape index (κ2) is 6.41. The zero-order valence-electron chi connectivity index (χ0n) is 17.1. The van der Waals surface area contributed by atoms with Crippen LogP contribution < -0.4 is 4.46 Å². The van der Waals surface area contributed by atoms with Crippen LogP contribution in [0.1, 0.15) is 38.7 Å². The fourth-order valence-corrected chi connectivity index (χ4v) is 16.2. The molecule has 2 bridgehead atoms. The van der Waals surface area contributed by atoms with Gasteiger partial charge in [-0.3, -0.25) is 0 Å². The average molecular weight is 480 g/mol. The molecule has 3 fully saturated rings. The van der Waals surface area contributed by atoms with Crippen LogP contribution >= 0.6 is 0 Å². The van der Waals surface area contributed by atoms with Crippen LogP contribution in [0.2, 0.25) is 5.32 Å². The summed E-state index contributed by atoms with van der Waals surface area (Å²) < 4.78 is 40.5. The van der Waals surface area contributed by atoms with Crippen LogP contribution in [0.15, 0.2) is 59.5 Å². The maximum absolute atomic E-state index is 13.3. The van der Waals surface area contributed by atoms with Crippen molar-refractivity contribution in [3.63, 3.8) is 0 Å². The van der Waals surface area contributed by atoms with Crippen LogP contribution in [0, 0.1) is 23.7 Å². The molecule has 1 unspecified atom stereocenters. The van der Waals surface area contributed by atoms with E-state index in [1.54, 1.807) is 12.1 Å². The fraction of sp³-hybridized carbons (Fsp3) is 0.478. The molecule has 1 heterocycles. The summed E-state index contributed by atoms with van der Waals surface area (Å²) >= 11 is -3.42. The molecule has 0 aromatic heterocycles. The van der Waals surface area contributed by atoms with E-state index in [9.17, 15) is 8.42 Å². The summed E-state index contributed by atoms with van der Waals surface area (Å²) in [5.41, 5.74) is 1.20. The molecule has 156 valence electrons. The summed E-state index contributed by atoms with van der Waals surface area (Å²) in [6.07, 6.45) is 3.44. The van der Waals surface area contributed by atoms with Gasteiger partial charge in [-0.1, -0.05) is 0 Å². The van der Waals surface area contributed by atoms with Crippen LogP contribution in [-0.2, 0) is 17.2 Å². The summed E-state index contributed by atoms with van der Waals surface area (Å²) in [6, 6.07) is 16.7. The Labute approximate surface area is 176 Å². The summed E-state index contributed by atoms with van der Waals surface area (Å²) in [5.74, 6) is 0.659. The predicted molar refractivity (Wildman–Crippen MR) is 115 cm³/mol. The molecular weight excluding hydrogens is 451 g/mol. The van der Waals surface area contributed by atoms with E-state index < -0.39 is 23.6 Å². The molecule has 1 saturated heterocycles. The third kappa shape index (κ3) is 2.80. The number of hydrogen-bond acceptors (Lipinski definition) is 4. The molecule has 2 aromatic carbocycles. The number of hydrogen-bond donors (Lipinski definition) is 0. The van der Waals surface area contributed by atoms with Crippen molar-refractivity contribution in [3.8, 4) is 0 Å². The van der Waals surface area contributed by atoms with Crippen molar-refractivity contribution in [2.24, 2.45) is 16.7 Å². The van der Waals surface area contributed by atoms with Gasteiger partial charge in [0.1, 0.15) is 0 Å². The summed E-state index contributed by atoms with van der Waals surface area (Å²) in [7, 11) is -3.91. The van der Waals surface area contributed by atoms with Crippen molar-refractivity contribution in [2.45, 2.75) is 56.4 Å². The molecular formula is C23H28O4SSe. The molecule has 5 rings (SSSR count). The van der Waals surface area contributed by atoms with Gasteiger partial charge in [-0.05, 0) is 0 Å². The molecule has 4 nitrogen and oxygen atoms in total. The Bertz CT molecular complexity index is 1030. The summed E-state index contributed by atoms with van der Waals surface area (Å²) in [6.45, 7) is 6.64. The predicted octanol–water partition coefficient (Wildman–Crippen LogP) is 4.27. The van der Waals surface area contributed by atoms with Gasteiger partial charge in [0.25, 0.3) is 0 Å². The standard InChI is InChI=1S/C23H28O4SSe/c1-17-9-11-19(12-10-17)28(24,25)27-29(20-7-5-4-6-8-20)16-23-14-13-18(22(23,2)3)15-21(23)26-29/h4-12,18,21H,13-16H2,1-3H3/t18-,21-,23-/m1/s1. The van der Waals surface area contributed by atoms with E-state index in [2.05, 4.69) is 13.8 Å². The van der Waals surface area contributed by atoms with Crippen molar-refractivity contribution in [3.05, 3.63) is 60.2 Å². The third-order valence-corrected chi connectivity index (χ3v) is 16.5. The zero-order valence-corrected chi connectivity index (χ0v) is 19.7. The third-order valence-electron chi connectivity index (χ3n) is 7.69. The topological polar surface area (TPSA) is 52.6 Å². The molecule has 29 heavy (non-hydrogen) atoms. The van der Waals surface area contributed by atoms with Crippen molar-refractivity contribution in [1.29, 1.82) is 0 Å². The van der Waals surface area contributed by atoms with Gasteiger partial charge in [0, 0.05) is 0 Å². The molecule has 2 aliphatic carbocycles. The SMILES string of the molecule is Cc1ccc(S(=O)(=O)O[Se]2(c3ccccc3)C[C@]34CC[C@H](C[C@H]3O2)C4(C)C)cc1. The Kier molecular flexibility index (Phi) is 4.37. The normalized spacial score (nSPS) is 37.2. The number of rotatable bonds is 4. The van der Waals surface area contributed by atoms with Crippen LogP contribution in [0.4, 0.5) is 0 Å². The van der Waals surface area contributed by atoms with Gasteiger partial charge >= 0.3 is 177 Å². The number of fused-ring (bicyclic) bond motifs is 1. The Morgan fingerprint density at radius 2 is 1.76 bits per heavy atom. The minimum atomic E-state index is -3.91. The van der Waals surface area contributed by atoms with Crippen LogP contribution in [0.3, 0.4) is 0 Å². The van der Waals surface area contributed by atoms with E-state index in [1.807, 2.05) is 49.4 Å². The Morgan fingerprint density at radius 1 is 1.07 bits per heavy atom. The Morgan fingerprint density at radius 3 is 2.38 bits per heavy atom. The first kappa shape index (κ1) is 19.8. The molecule has 0 amide bonds. The van der Waals surface area contributed by atoms with Gasteiger partial charge in [0.15, 0.2) is 0 Å². The van der Waals surface area contributed by atoms with E-state index in [1.165, 1.54) is 6.42 Å². The molecule has 6 heteroatoms.